The van der Waals surface area contributed by atoms with Crippen LogP contribution in [0.25, 0.3) is 0 Å². The predicted octanol–water partition coefficient (Wildman–Crippen LogP) is 1.46. The van der Waals surface area contributed by atoms with E-state index in [0.29, 0.717) is 5.92 Å². The largest absolute Gasteiger partial charge is 0.212 e. The molecule has 0 amide bonds. The van der Waals surface area contributed by atoms with Crippen LogP contribution >= 0.6 is 0 Å². The van der Waals surface area contributed by atoms with E-state index in [-0.39, 0.29) is 6.04 Å². The first kappa shape index (κ1) is 11.0. The van der Waals surface area contributed by atoms with Crippen molar-refractivity contribution in [2.45, 2.75) is 39.2 Å². The second kappa shape index (κ2) is 3.96. The first-order chi connectivity index (χ1) is 5.91. The number of hydrogen-bond acceptors (Lipinski definition) is 2. The van der Waals surface area contributed by atoms with Gasteiger partial charge >= 0.3 is 0 Å². The van der Waals surface area contributed by atoms with Gasteiger partial charge in [0.15, 0.2) is 0 Å². The molecule has 0 spiro atoms. The fraction of sp³-hybridized carbons (Fsp3) is 1.00. The molecule has 1 atom stereocenters. The van der Waals surface area contributed by atoms with Crippen LogP contribution in [0.4, 0.5) is 0 Å². The van der Waals surface area contributed by atoms with Crippen LogP contribution in [0.5, 0.6) is 0 Å². The van der Waals surface area contributed by atoms with Crippen molar-refractivity contribution in [3.63, 3.8) is 0 Å². The molecular formula is C9H19NO2S. The van der Waals surface area contributed by atoms with Gasteiger partial charge in [-0.15, -0.1) is 0 Å². The lowest BCUT2D eigenvalue weighted by Gasteiger charge is -2.23. The van der Waals surface area contributed by atoms with Crippen molar-refractivity contribution in [1.29, 1.82) is 0 Å². The number of sulfonamides is 1. The molecule has 1 heterocycles. The molecule has 0 aliphatic carbocycles. The van der Waals surface area contributed by atoms with Gasteiger partial charge in [-0.2, -0.15) is 4.31 Å². The number of hydrogen-bond donors (Lipinski definition) is 0. The Bertz CT molecular complexity index is 259. The Kier molecular flexibility index (Phi) is 3.35. The molecule has 0 aromatic rings. The molecule has 1 fully saturated rings. The molecule has 13 heavy (non-hydrogen) atoms. The molecule has 0 aromatic carbocycles. The Labute approximate surface area is 81.2 Å². The van der Waals surface area contributed by atoms with Gasteiger partial charge in [0.1, 0.15) is 0 Å². The molecule has 0 unspecified atom stereocenters. The molecular weight excluding hydrogens is 186 g/mol. The third-order valence-electron chi connectivity index (χ3n) is 2.49. The summed E-state index contributed by atoms with van der Waals surface area (Å²) in [5.41, 5.74) is 0. The standard InChI is InChI=1S/C9H19NO2S/c1-8(2)7-9-5-4-6-10(9)13(3,11)12/h8-9H,4-7H2,1-3H3/t9-/m1/s1. The van der Waals surface area contributed by atoms with Crippen molar-refractivity contribution < 1.29 is 8.42 Å². The van der Waals surface area contributed by atoms with Gasteiger partial charge in [0.25, 0.3) is 0 Å². The minimum atomic E-state index is -2.96. The zero-order chi connectivity index (χ0) is 10.1. The van der Waals surface area contributed by atoms with Crippen LogP contribution in [0.15, 0.2) is 0 Å². The fourth-order valence-electron chi connectivity index (χ4n) is 2.03. The lowest BCUT2D eigenvalue weighted by molar-refractivity contribution is 0.340. The Morgan fingerprint density at radius 2 is 2.08 bits per heavy atom. The maximum Gasteiger partial charge on any atom is 0.211 e. The van der Waals surface area contributed by atoms with E-state index in [4.69, 9.17) is 0 Å². The van der Waals surface area contributed by atoms with Gasteiger partial charge in [0, 0.05) is 12.6 Å². The van der Waals surface area contributed by atoms with Crippen LogP contribution in [0, 0.1) is 5.92 Å². The maximum atomic E-state index is 11.4. The molecule has 3 nitrogen and oxygen atoms in total. The molecule has 0 bridgehead atoms. The molecule has 4 heteroatoms. The van der Waals surface area contributed by atoms with Gasteiger partial charge in [-0.05, 0) is 25.2 Å². The topological polar surface area (TPSA) is 37.4 Å². The van der Waals surface area contributed by atoms with Crippen molar-refractivity contribution >= 4 is 10.0 Å². The van der Waals surface area contributed by atoms with Crippen molar-refractivity contribution in [3.8, 4) is 0 Å². The zero-order valence-electron chi connectivity index (χ0n) is 8.66. The van der Waals surface area contributed by atoms with Gasteiger partial charge in [-0.3, -0.25) is 0 Å². The molecule has 0 radical (unpaired) electrons. The van der Waals surface area contributed by atoms with Crippen molar-refractivity contribution in [2.75, 3.05) is 12.8 Å². The summed E-state index contributed by atoms with van der Waals surface area (Å²) in [6.07, 6.45) is 4.36. The van der Waals surface area contributed by atoms with Gasteiger partial charge < -0.3 is 0 Å². The highest BCUT2D eigenvalue weighted by molar-refractivity contribution is 7.88. The second-order valence-electron chi connectivity index (χ2n) is 4.30. The van der Waals surface area contributed by atoms with Gasteiger partial charge in [0.05, 0.1) is 6.26 Å². The highest BCUT2D eigenvalue weighted by Crippen LogP contribution is 2.25. The third-order valence-corrected chi connectivity index (χ3v) is 3.83. The molecule has 1 saturated heterocycles. The fourth-order valence-corrected chi connectivity index (χ4v) is 3.22. The minimum Gasteiger partial charge on any atom is -0.212 e. The van der Waals surface area contributed by atoms with E-state index in [1.165, 1.54) is 6.26 Å². The summed E-state index contributed by atoms with van der Waals surface area (Å²) >= 11 is 0. The summed E-state index contributed by atoms with van der Waals surface area (Å²) in [5.74, 6) is 0.576. The Morgan fingerprint density at radius 1 is 1.46 bits per heavy atom. The lowest BCUT2D eigenvalue weighted by atomic mass is 10.0. The second-order valence-corrected chi connectivity index (χ2v) is 6.23. The molecule has 0 N–H and O–H groups in total. The summed E-state index contributed by atoms with van der Waals surface area (Å²) < 4.78 is 24.4. The summed E-state index contributed by atoms with van der Waals surface area (Å²) in [6, 6.07) is 0.259. The molecule has 1 rings (SSSR count). The van der Waals surface area contributed by atoms with E-state index in [9.17, 15) is 8.42 Å². The Balaban J connectivity index is 2.65. The summed E-state index contributed by atoms with van der Waals surface area (Å²) in [7, 11) is -2.96. The van der Waals surface area contributed by atoms with E-state index in [2.05, 4.69) is 13.8 Å². The first-order valence-corrected chi connectivity index (χ1v) is 6.73. The maximum absolute atomic E-state index is 11.4. The molecule has 1 aliphatic heterocycles. The molecule has 0 aromatic heterocycles. The molecule has 0 saturated carbocycles. The quantitative estimate of drug-likeness (QED) is 0.699. The summed E-state index contributed by atoms with van der Waals surface area (Å²) in [4.78, 5) is 0. The van der Waals surface area contributed by atoms with E-state index in [1.54, 1.807) is 4.31 Å². The number of rotatable bonds is 3. The van der Waals surface area contributed by atoms with Crippen LogP contribution in [0.2, 0.25) is 0 Å². The summed E-state index contributed by atoms with van der Waals surface area (Å²) in [5, 5.41) is 0. The normalized spacial score (nSPS) is 25.7. The first-order valence-electron chi connectivity index (χ1n) is 4.88. The van der Waals surface area contributed by atoms with Crippen molar-refractivity contribution in [3.05, 3.63) is 0 Å². The SMILES string of the molecule is CC(C)C[C@H]1CCCN1S(C)(=O)=O. The summed E-state index contributed by atoms with van der Waals surface area (Å²) in [6.45, 7) is 4.99. The smallest absolute Gasteiger partial charge is 0.211 e. The van der Waals surface area contributed by atoms with Gasteiger partial charge in [0.2, 0.25) is 10.0 Å². The van der Waals surface area contributed by atoms with Crippen LogP contribution in [-0.2, 0) is 10.0 Å². The van der Waals surface area contributed by atoms with Crippen LogP contribution in [-0.4, -0.2) is 31.6 Å². The van der Waals surface area contributed by atoms with E-state index in [0.717, 1.165) is 25.8 Å². The Morgan fingerprint density at radius 3 is 2.54 bits per heavy atom. The monoisotopic (exact) mass is 205 g/mol. The van der Waals surface area contributed by atoms with Crippen molar-refractivity contribution in [2.24, 2.45) is 5.92 Å². The van der Waals surface area contributed by atoms with Gasteiger partial charge in [-0.25, -0.2) is 8.42 Å². The molecule has 1 aliphatic rings. The van der Waals surface area contributed by atoms with E-state index in [1.807, 2.05) is 0 Å². The van der Waals surface area contributed by atoms with Crippen LogP contribution < -0.4 is 0 Å². The average Bonchev–Trinajstić information content (AvgIpc) is 2.31. The van der Waals surface area contributed by atoms with E-state index < -0.39 is 10.0 Å². The van der Waals surface area contributed by atoms with Crippen molar-refractivity contribution in [1.82, 2.24) is 4.31 Å². The van der Waals surface area contributed by atoms with Crippen LogP contribution in [0.1, 0.15) is 33.1 Å². The molecule has 78 valence electrons. The zero-order valence-corrected chi connectivity index (χ0v) is 9.47. The highest BCUT2D eigenvalue weighted by atomic mass is 32.2. The third kappa shape index (κ3) is 2.95. The van der Waals surface area contributed by atoms with Gasteiger partial charge in [-0.1, -0.05) is 13.8 Å². The van der Waals surface area contributed by atoms with E-state index >= 15 is 0 Å². The minimum absolute atomic E-state index is 0.259. The van der Waals surface area contributed by atoms with Crippen LogP contribution in [0.3, 0.4) is 0 Å². The lowest BCUT2D eigenvalue weighted by Crippen LogP contribution is -2.35. The Hall–Kier alpha value is -0.0900. The average molecular weight is 205 g/mol. The highest BCUT2D eigenvalue weighted by Gasteiger charge is 2.31. The number of nitrogens with zero attached hydrogens (tertiary/aromatic N) is 1. The predicted molar refractivity (Wildman–Crippen MR) is 54.0 cm³/mol.